The van der Waals surface area contributed by atoms with Gasteiger partial charge in [0.1, 0.15) is 5.75 Å². The Morgan fingerprint density at radius 1 is 1.00 bits per heavy atom. The maximum absolute atomic E-state index is 13.2. The molecule has 0 spiro atoms. The third kappa shape index (κ3) is 5.50. The minimum absolute atomic E-state index is 0.0975. The van der Waals surface area contributed by atoms with Gasteiger partial charge in [-0.15, -0.1) is 0 Å². The fraction of sp³-hybridized carbons (Fsp3) is 0.154. The van der Waals surface area contributed by atoms with Crippen LogP contribution < -0.4 is 10.1 Å². The molecular weight excluding hydrogens is 468 g/mol. The van der Waals surface area contributed by atoms with E-state index in [2.05, 4.69) is 15.4 Å². The molecule has 178 valence electrons. The number of hydrogen-bond acceptors (Lipinski definition) is 6. The molecule has 0 aliphatic heterocycles. The lowest BCUT2D eigenvalue weighted by molar-refractivity contribution is -0.125. The zero-order valence-corrected chi connectivity index (χ0v) is 20.1. The third-order valence-corrected chi connectivity index (χ3v) is 5.46. The number of nitrogens with zero attached hydrogens (tertiary/aromatic N) is 3. The van der Waals surface area contributed by atoms with Crippen LogP contribution in [0.4, 0.5) is 5.69 Å². The number of carbonyl (C=O) groups is 2. The van der Waals surface area contributed by atoms with Crippen LogP contribution in [0.5, 0.6) is 5.75 Å². The van der Waals surface area contributed by atoms with Crippen molar-refractivity contribution in [3.8, 4) is 11.6 Å². The second-order valence-electron chi connectivity index (χ2n) is 7.76. The van der Waals surface area contributed by atoms with Crippen LogP contribution in [0.2, 0.25) is 5.02 Å². The van der Waals surface area contributed by atoms with Gasteiger partial charge in [0, 0.05) is 23.0 Å². The van der Waals surface area contributed by atoms with Gasteiger partial charge in [-0.25, -0.2) is 14.5 Å². The molecule has 0 saturated carbocycles. The molecule has 0 bridgehead atoms. The van der Waals surface area contributed by atoms with Gasteiger partial charge in [0.2, 0.25) is 6.10 Å². The van der Waals surface area contributed by atoms with E-state index in [1.807, 2.05) is 19.9 Å². The molecule has 0 radical (unpaired) electrons. The van der Waals surface area contributed by atoms with Crippen molar-refractivity contribution in [2.45, 2.75) is 20.0 Å². The van der Waals surface area contributed by atoms with Crippen molar-refractivity contribution in [1.29, 1.82) is 0 Å². The highest BCUT2D eigenvalue weighted by molar-refractivity contribution is 6.33. The van der Waals surface area contributed by atoms with E-state index in [-0.39, 0.29) is 10.7 Å². The number of pyridine rings is 1. The zero-order valence-electron chi connectivity index (χ0n) is 19.4. The number of rotatable bonds is 7. The minimum atomic E-state index is -1.25. The standard InChI is InChI=1S/C26H23ClN4O4/c1-16-14-17(2)31(30-16)22-13-12-21(27)23(29-22)26(33)35-24(18-8-5-4-6-9-18)25(32)28-19-10-7-11-20(15-19)34-3/h4-15,24H,1-3H3,(H,28,32). The molecule has 4 aromatic rings. The van der Waals surface area contributed by atoms with E-state index >= 15 is 0 Å². The Hall–Kier alpha value is -4.17. The lowest BCUT2D eigenvalue weighted by atomic mass is 10.1. The first-order valence-corrected chi connectivity index (χ1v) is 11.1. The van der Waals surface area contributed by atoms with E-state index in [0.29, 0.717) is 22.8 Å². The number of aromatic nitrogens is 3. The van der Waals surface area contributed by atoms with Crippen molar-refractivity contribution in [2.75, 3.05) is 12.4 Å². The van der Waals surface area contributed by atoms with Gasteiger partial charge in [0.05, 0.1) is 17.8 Å². The van der Waals surface area contributed by atoms with Crippen LogP contribution in [0.3, 0.4) is 0 Å². The van der Waals surface area contributed by atoms with Gasteiger partial charge in [0.15, 0.2) is 11.5 Å². The van der Waals surface area contributed by atoms with Gasteiger partial charge in [0.25, 0.3) is 5.91 Å². The molecule has 9 heteroatoms. The van der Waals surface area contributed by atoms with Gasteiger partial charge in [-0.05, 0) is 44.2 Å². The molecule has 1 amide bonds. The van der Waals surface area contributed by atoms with Crippen LogP contribution in [-0.2, 0) is 9.53 Å². The third-order valence-electron chi connectivity index (χ3n) is 5.15. The minimum Gasteiger partial charge on any atom is -0.497 e. The largest absolute Gasteiger partial charge is 0.497 e. The number of nitrogens with one attached hydrogen (secondary N) is 1. The Morgan fingerprint density at radius 3 is 2.46 bits per heavy atom. The Labute approximate surface area is 207 Å². The fourth-order valence-corrected chi connectivity index (χ4v) is 3.71. The number of carbonyl (C=O) groups excluding carboxylic acids is 2. The van der Waals surface area contributed by atoms with Crippen molar-refractivity contribution in [3.05, 3.63) is 100 Å². The molecule has 2 heterocycles. The summed E-state index contributed by atoms with van der Waals surface area (Å²) in [7, 11) is 1.53. The smallest absolute Gasteiger partial charge is 0.359 e. The zero-order chi connectivity index (χ0) is 24.9. The van der Waals surface area contributed by atoms with Crippen LogP contribution in [0, 0.1) is 13.8 Å². The lowest BCUT2D eigenvalue weighted by Gasteiger charge is -2.18. The van der Waals surface area contributed by atoms with Gasteiger partial charge < -0.3 is 14.8 Å². The molecule has 2 aromatic heterocycles. The average molecular weight is 491 g/mol. The summed E-state index contributed by atoms with van der Waals surface area (Å²) < 4.78 is 12.5. The monoisotopic (exact) mass is 490 g/mol. The average Bonchev–Trinajstić information content (AvgIpc) is 3.20. The number of amides is 1. The van der Waals surface area contributed by atoms with Crippen LogP contribution >= 0.6 is 11.6 Å². The van der Waals surface area contributed by atoms with E-state index in [9.17, 15) is 9.59 Å². The molecule has 35 heavy (non-hydrogen) atoms. The molecule has 8 nitrogen and oxygen atoms in total. The van der Waals surface area contributed by atoms with Gasteiger partial charge >= 0.3 is 5.97 Å². The number of ether oxygens (including phenoxy) is 2. The van der Waals surface area contributed by atoms with Crippen molar-refractivity contribution in [3.63, 3.8) is 0 Å². The maximum Gasteiger partial charge on any atom is 0.359 e. The molecular formula is C26H23ClN4O4. The quantitative estimate of drug-likeness (QED) is 0.363. The van der Waals surface area contributed by atoms with E-state index in [1.165, 1.54) is 7.11 Å². The number of hydrogen-bond donors (Lipinski definition) is 1. The number of benzene rings is 2. The molecule has 0 fully saturated rings. The maximum atomic E-state index is 13.2. The molecule has 0 aliphatic rings. The predicted octanol–water partition coefficient (Wildman–Crippen LogP) is 5.08. The Morgan fingerprint density at radius 2 is 1.77 bits per heavy atom. The van der Waals surface area contributed by atoms with Crippen LogP contribution in [-0.4, -0.2) is 33.8 Å². The van der Waals surface area contributed by atoms with E-state index in [4.69, 9.17) is 21.1 Å². The SMILES string of the molecule is COc1cccc(NC(=O)C(OC(=O)c2nc(-n3nc(C)cc3C)ccc2Cl)c2ccccc2)c1. The molecule has 0 saturated heterocycles. The number of methoxy groups -OCH3 is 1. The van der Waals surface area contributed by atoms with E-state index < -0.39 is 18.0 Å². The molecule has 4 rings (SSSR count). The van der Waals surface area contributed by atoms with Crippen LogP contribution in [0.15, 0.2) is 72.8 Å². The second kappa shape index (κ2) is 10.4. The molecule has 1 N–H and O–H groups in total. The highest BCUT2D eigenvalue weighted by Crippen LogP contribution is 2.25. The lowest BCUT2D eigenvalue weighted by Crippen LogP contribution is -2.26. The van der Waals surface area contributed by atoms with E-state index in [1.54, 1.807) is 71.4 Å². The first-order valence-electron chi connectivity index (χ1n) is 10.8. The second-order valence-corrected chi connectivity index (χ2v) is 8.16. The summed E-state index contributed by atoms with van der Waals surface area (Å²) in [5.41, 5.74) is 2.52. The number of aryl methyl sites for hydroxylation is 2. The van der Waals surface area contributed by atoms with Crippen LogP contribution in [0.1, 0.15) is 33.5 Å². The summed E-state index contributed by atoms with van der Waals surface area (Å²) in [4.78, 5) is 30.8. The number of esters is 1. The number of halogens is 1. The Bertz CT molecular complexity index is 1370. The Balaban J connectivity index is 1.63. The fourth-order valence-electron chi connectivity index (χ4n) is 3.53. The van der Waals surface area contributed by atoms with Crippen molar-refractivity contribution < 1.29 is 19.1 Å². The summed E-state index contributed by atoms with van der Waals surface area (Å²) >= 11 is 6.29. The van der Waals surface area contributed by atoms with Crippen molar-refractivity contribution in [1.82, 2.24) is 14.8 Å². The first kappa shape index (κ1) is 24.0. The predicted molar refractivity (Wildman–Crippen MR) is 132 cm³/mol. The summed E-state index contributed by atoms with van der Waals surface area (Å²) in [6.45, 7) is 3.74. The van der Waals surface area contributed by atoms with Crippen molar-refractivity contribution >= 4 is 29.2 Å². The van der Waals surface area contributed by atoms with Crippen LogP contribution in [0.25, 0.3) is 5.82 Å². The summed E-state index contributed by atoms with van der Waals surface area (Å²) in [5, 5.41) is 7.26. The number of anilines is 1. The highest BCUT2D eigenvalue weighted by atomic mass is 35.5. The van der Waals surface area contributed by atoms with Gasteiger partial charge in [-0.3, -0.25) is 4.79 Å². The van der Waals surface area contributed by atoms with Gasteiger partial charge in [-0.2, -0.15) is 5.10 Å². The highest BCUT2D eigenvalue weighted by Gasteiger charge is 2.28. The summed E-state index contributed by atoms with van der Waals surface area (Å²) in [6, 6.07) is 20.7. The summed E-state index contributed by atoms with van der Waals surface area (Å²) in [5.74, 6) is -0.395. The normalized spacial score (nSPS) is 11.5. The Kier molecular flexibility index (Phi) is 7.12. The van der Waals surface area contributed by atoms with Crippen molar-refractivity contribution in [2.24, 2.45) is 0 Å². The molecule has 0 aliphatic carbocycles. The van der Waals surface area contributed by atoms with E-state index in [0.717, 1.165) is 11.4 Å². The molecule has 2 aromatic carbocycles. The summed E-state index contributed by atoms with van der Waals surface area (Å²) in [6.07, 6.45) is -1.25. The van der Waals surface area contributed by atoms with Gasteiger partial charge in [-0.1, -0.05) is 48.0 Å². The molecule has 1 unspecified atom stereocenters. The first-order chi connectivity index (χ1) is 16.9. The topological polar surface area (TPSA) is 95.3 Å². The molecule has 1 atom stereocenters.